The molecule has 4 heterocycles. The molecule has 2 saturated heterocycles. The van der Waals surface area contributed by atoms with Crippen molar-refractivity contribution < 1.29 is 124 Å². The van der Waals surface area contributed by atoms with Gasteiger partial charge in [-0.25, -0.2) is 19.6 Å². The number of fused-ring (bicyclic) bond motifs is 1. The van der Waals surface area contributed by atoms with E-state index in [2.05, 4.69) is 47.6 Å². The number of pyridine rings is 1. The molecule has 0 saturated carbocycles. The Labute approximate surface area is 729 Å². The van der Waals surface area contributed by atoms with Crippen LogP contribution in [0.5, 0.6) is 5.75 Å². The lowest BCUT2D eigenvalue weighted by Gasteiger charge is -2.41. The molecule has 2 aliphatic heterocycles. The van der Waals surface area contributed by atoms with Crippen LogP contribution in [-0.2, 0) is 106 Å². The summed E-state index contributed by atoms with van der Waals surface area (Å²) in [5, 5.41) is 74.2. The molecule has 14 N–H and O–H groups in total. The number of carboxylic acid groups (broad SMARTS) is 1. The van der Waals surface area contributed by atoms with Crippen LogP contribution < -0.4 is 47.4 Å². The lowest BCUT2D eigenvalue weighted by Crippen LogP contribution is -2.61. The fourth-order valence-corrected chi connectivity index (χ4v) is 15.7. The van der Waals surface area contributed by atoms with Crippen LogP contribution in [-0.4, -0.2) is 312 Å². The number of amides is 10. The second-order valence-electron chi connectivity index (χ2n) is 32.7. The van der Waals surface area contributed by atoms with Gasteiger partial charge in [-0.05, 0) is 98.9 Å². The molecule has 2 aromatic carbocycles. The number of ether oxygens (including phenoxy) is 7. The number of aliphatic hydroxyl groups is 4. The number of nitrogens with one attached hydrogen (secondary N) is 8. The number of benzene rings is 2. The van der Waals surface area contributed by atoms with Crippen molar-refractivity contribution in [2.75, 3.05) is 93.0 Å². The number of likely N-dealkylation sites (N-methyl/N-ethyl adjacent to an activating group) is 2. The van der Waals surface area contributed by atoms with E-state index in [1.54, 1.807) is 111 Å². The van der Waals surface area contributed by atoms with Crippen molar-refractivity contribution in [1.29, 1.82) is 0 Å². The van der Waals surface area contributed by atoms with Crippen LogP contribution in [0.15, 0.2) is 72.9 Å². The second kappa shape index (κ2) is 49.5. The normalized spacial score (nSPS) is 19.6. The Hall–Kier alpha value is -9.63. The number of hydrazine groups is 1. The zero-order valence-electron chi connectivity index (χ0n) is 74.3. The number of rotatable bonds is 50. The molecule has 0 aliphatic carbocycles. The third-order valence-corrected chi connectivity index (χ3v) is 23.1. The molecule has 0 spiro atoms. The smallest absolute Gasteiger partial charge is 0.410 e. The van der Waals surface area contributed by atoms with Gasteiger partial charge in [-0.15, -0.1) is 0 Å². The van der Waals surface area contributed by atoms with Gasteiger partial charge in [0.2, 0.25) is 59.5 Å². The molecular formula is C84H130N14O26S. The Bertz CT molecular complexity index is 4360. The number of anilines is 1. The van der Waals surface area contributed by atoms with E-state index in [4.69, 9.17) is 33.2 Å². The van der Waals surface area contributed by atoms with Gasteiger partial charge in [0.25, 0.3) is 10.1 Å². The fraction of sp³-hybridized carbons (Fsp3) is 0.643. The van der Waals surface area contributed by atoms with E-state index >= 15 is 0 Å². The first-order valence-corrected chi connectivity index (χ1v) is 43.6. The van der Waals surface area contributed by atoms with Crippen LogP contribution in [0.1, 0.15) is 138 Å². The summed E-state index contributed by atoms with van der Waals surface area (Å²) in [6.07, 6.45) is -11.3. The number of nitrogens with zero attached hydrogens (tertiary/aromatic N) is 6. The van der Waals surface area contributed by atoms with Crippen molar-refractivity contribution >= 4 is 92.1 Å². The van der Waals surface area contributed by atoms with Gasteiger partial charge in [0, 0.05) is 85.1 Å². The Kier molecular flexibility index (Phi) is 41.2. The van der Waals surface area contributed by atoms with E-state index in [-0.39, 0.29) is 93.5 Å². The number of aromatic nitrogens is 2. The maximum atomic E-state index is 15.0. The summed E-state index contributed by atoms with van der Waals surface area (Å²) in [6, 6.07) is 9.88. The number of likely N-dealkylation sites (tertiary alicyclic amines) is 1. The Balaban J connectivity index is 1.03. The summed E-state index contributed by atoms with van der Waals surface area (Å²) < 4.78 is 75.5. The highest BCUT2D eigenvalue weighted by Gasteiger charge is 2.49. The maximum Gasteiger partial charge on any atom is 0.410 e. The third kappa shape index (κ3) is 30.0. The molecule has 10 amide bonds. The zero-order chi connectivity index (χ0) is 93.0. The molecule has 698 valence electrons. The van der Waals surface area contributed by atoms with Crippen molar-refractivity contribution in [1.82, 2.24) is 66.6 Å². The van der Waals surface area contributed by atoms with Crippen LogP contribution >= 0.6 is 0 Å². The minimum Gasteiger partial charge on any atom is -0.479 e. The van der Waals surface area contributed by atoms with E-state index in [0.29, 0.717) is 43.6 Å². The topological polar surface area (TPSA) is 535 Å². The number of carbonyl (C=O) groups is 11. The lowest BCUT2D eigenvalue weighted by atomic mass is 9.89. The molecule has 0 bridgehead atoms. The predicted molar refractivity (Wildman–Crippen MR) is 455 cm³/mol. The minimum atomic E-state index is -4.73. The van der Waals surface area contributed by atoms with Crippen molar-refractivity contribution in [2.45, 2.75) is 232 Å². The van der Waals surface area contributed by atoms with Gasteiger partial charge < -0.3 is 110 Å². The average Bonchev–Trinajstić information content (AvgIpc) is 1.78. The summed E-state index contributed by atoms with van der Waals surface area (Å²) in [4.78, 5) is 160. The lowest BCUT2D eigenvalue weighted by molar-refractivity contribution is -0.271. The molecule has 0 radical (unpaired) electrons. The molecule has 2 aliphatic rings. The van der Waals surface area contributed by atoms with Crippen molar-refractivity contribution in [2.24, 2.45) is 29.6 Å². The Morgan fingerprint density at radius 3 is 1.98 bits per heavy atom. The molecule has 41 heteroatoms. The summed E-state index contributed by atoms with van der Waals surface area (Å²) in [7, 11) is 4.69. The molecule has 40 nitrogen and oxygen atoms in total. The first-order valence-electron chi connectivity index (χ1n) is 42.0. The largest absolute Gasteiger partial charge is 0.479 e. The van der Waals surface area contributed by atoms with Crippen molar-refractivity contribution in [3.63, 3.8) is 0 Å². The highest BCUT2D eigenvalue weighted by atomic mass is 32.2. The highest BCUT2D eigenvalue weighted by molar-refractivity contribution is 7.85. The number of aliphatic carboxylic acids is 1. The quantitative estimate of drug-likeness (QED) is 0.0169. The number of aliphatic hydroxyl groups excluding tert-OH is 4. The number of carboxylic acids is 1. The molecule has 0 unspecified atom stereocenters. The Morgan fingerprint density at radius 1 is 0.704 bits per heavy atom. The number of methoxy groups -OCH3 is 2. The average molecular weight is 1780 g/mol. The summed E-state index contributed by atoms with van der Waals surface area (Å²) in [5.74, 6) is -11.6. The van der Waals surface area contributed by atoms with Crippen LogP contribution in [0.4, 0.5) is 10.5 Å². The first-order chi connectivity index (χ1) is 59.0. The second-order valence-corrected chi connectivity index (χ2v) is 34.2. The minimum absolute atomic E-state index is 0.0209. The summed E-state index contributed by atoms with van der Waals surface area (Å²) >= 11 is 0. The zero-order valence-corrected chi connectivity index (χ0v) is 75.1. The maximum absolute atomic E-state index is 15.0. The molecule has 125 heavy (non-hydrogen) atoms. The van der Waals surface area contributed by atoms with Gasteiger partial charge in [-0.1, -0.05) is 105 Å². The van der Waals surface area contributed by atoms with Crippen molar-refractivity contribution in [3.8, 4) is 5.75 Å². The van der Waals surface area contributed by atoms with Gasteiger partial charge >= 0.3 is 12.1 Å². The van der Waals surface area contributed by atoms with Crippen molar-refractivity contribution in [3.05, 3.63) is 89.7 Å². The predicted octanol–water partition coefficient (Wildman–Crippen LogP) is 1.35. The van der Waals surface area contributed by atoms with E-state index in [1.807, 2.05) is 48.7 Å². The third-order valence-electron chi connectivity index (χ3n) is 22.3. The van der Waals surface area contributed by atoms with E-state index in [1.165, 1.54) is 51.3 Å². The van der Waals surface area contributed by atoms with Gasteiger partial charge in [0.15, 0.2) is 6.10 Å². The highest BCUT2D eigenvalue weighted by Crippen LogP contribution is 2.34. The van der Waals surface area contributed by atoms with Gasteiger partial charge in [-0.3, -0.25) is 58.0 Å². The molecule has 2 fully saturated rings. The standard InChI is InChI=1S/C84H130N14O26S/c1-18-49(8)68(61(118-16)42-64(101)98-34-23-27-59(98)73(119-17)50(9)76(106)88-51(10)69(102)54-24-20-19-21-25-54)95(14)81(111)66(47(4)5)93-80(110)67(48(6)7)96(15)84(114)122-44-53-28-29-57(60(40-53)123-83-72(105)70(103)71(104)74(124-83)82(112)113)91-77(107)52(11)89-79(109)65(46(2)3)92-63(100)31-36-120-38-39-121-37-33-87-78(108)58(45-125(115,116)117)90-62(99)30-35-97-56(43-94(13)85-12)41-55-26-22-32-86-75(55)97/h19-22,24-26,28-29,32,40-41,46-52,58-59,61,65-74,83,85,102-105H,18,23,27,30-31,33-39,42-45H2,1-17H3,(H,87,108)(H,88,106)(H,89,109)(H,90,99)(H,91,107)(H,92,100)(H,93,110)(H,112,113)(H,115,116,117)/t49-,50+,51+,52-,58-,59-,61+,65-,66-,67-,68-,69+,70-,71-,72+,73+,74-,83+/m0/s1. The van der Waals surface area contributed by atoms with Crippen LogP contribution in [0, 0.1) is 29.6 Å². The summed E-state index contributed by atoms with van der Waals surface area (Å²) in [6.45, 7) is 18.7. The number of hydrogen-bond donors (Lipinski definition) is 14. The fourth-order valence-electron chi connectivity index (χ4n) is 15.0. The monoisotopic (exact) mass is 1780 g/mol. The van der Waals surface area contributed by atoms with Gasteiger partial charge in [-0.2, -0.15) is 8.42 Å². The number of carbonyl (C=O) groups excluding carboxylic acids is 10. The number of aryl methyl sites for hydroxylation is 1. The molecule has 4 aromatic rings. The van der Waals surface area contributed by atoms with Gasteiger partial charge in [0.05, 0.1) is 87.4 Å². The van der Waals surface area contributed by atoms with Crippen LogP contribution in [0.2, 0.25) is 0 Å². The number of hydrogen-bond acceptors (Lipinski definition) is 27. The van der Waals surface area contributed by atoms with Crippen LogP contribution in [0.25, 0.3) is 11.0 Å². The van der Waals surface area contributed by atoms with Crippen LogP contribution in [0.3, 0.4) is 0 Å². The molecule has 2 aromatic heterocycles. The van der Waals surface area contributed by atoms with E-state index in [0.717, 1.165) is 16.0 Å². The molecule has 6 rings (SSSR count). The van der Waals surface area contributed by atoms with E-state index < -0.39 is 197 Å². The molecular weight excluding hydrogens is 1650 g/mol. The van der Waals surface area contributed by atoms with Gasteiger partial charge in [0.1, 0.15) is 72.3 Å². The molecule has 18 atom stereocenters. The first kappa shape index (κ1) is 104. The van der Waals surface area contributed by atoms with E-state index in [9.17, 15) is 91.2 Å². The Morgan fingerprint density at radius 2 is 1.37 bits per heavy atom. The summed E-state index contributed by atoms with van der Waals surface area (Å²) in [5.41, 5.74) is 5.02. The SMILES string of the molecule is CC[C@H](C)[C@@H]([C@@H](CC(=O)N1CCC[C@H]1[C@H](OC)[C@@H](C)C(=O)N[C@H](C)[C@@H](O)c1ccccc1)OC)N(C)C(=O)[C@@H](NC(=O)[C@H](C(C)C)N(C)C(=O)OCc1ccc(NC(=O)[C@H](C)NC(=O)[C@@H](NC(=O)CCOCCOCCNC(=O)[C@H](CS(=O)(=O)O)NC(=O)CCn2c(CN(C)NC)cc3cccnc32)C(C)C)c(O[C@@H]2O[C@H](C(=O)O)[C@@H](O)[C@H](O)[C@H]2O)c1)C(C)C.